The van der Waals surface area contributed by atoms with E-state index in [1.165, 1.54) is 0 Å². The van der Waals surface area contributed by atoms with E-state index in [1.807, 2.05) is 0 Å². The Morgan fingerprint density at radius 3 is 1.12 bits per heavy atom. The summed E-state index contributed by atoms with van der Waals surface area (Å²) in [5.74, 6) is 0. The number of halogens is 1. The number of rotatable bonds is 0. The van der Waals surface area contributed by atoms with Gasteiger partial charge in [0.2, 0.25) is 0 Å². The second-order valence-corrected chi connectivity index (χ2v) is 2.32. The fraction of sp³-hybridized carbons (Fsp3) is 0. The van der Waals surface area contributed by atoms with Gasteiger partial charge in [0.1, 0.15) is 0 Å². The van der Waals surface area contributed by atoms with E-state index in [2.05, 4.69) is 0 Å². The second kappa shape index (κ2) is 9.71. The van der Waals surface area contributed by atoms with E-state index in [0.717, 1.165) is 0 Å². The van der Waals surface area contributed by atoms with Crippen LogP contribution in [0.5, 0.6) is 0 Å². The molecule has 0 aromatic carbocycles. The fourth-order valence-corrected chi connectivity index (χ4v) is 0. The smallest absolute Gasteiger partial charge is 1.00 e. The molecule has 0 aliphatic rings. The summed E-state index contributed by atoms with van der Waals surface area (Å²) in [6, 6.07) is 0. The molecule has 0 aromatic rings. The molecule has 0 rings (SSSR count). The summed E-state index contributed by atoms with van der Waals surface area (Å²) in [6.07, 6.45) is 0. The Hall–Kier alpha value is 2.71. The Labute approximate surface area is 106 Å². The van der Waals surface area contributed by atoms with Gasteiger partial charge in [-0.3, -0.25) is 0 Å². The van der Waals surface area contributed by atoms with Gasteiger partial charge in [-0.15, -0.1) is 0 Å². The molecule has 0 unspecified atom stereocenters. The van der Waals surface area contributed by atoms with Crippen LogP contribution in [0.25, 0.3) is 0 Å². The van der Waals surface area contributed by atoms with Gasteiger partial charge in [-0.25, -0.2) is 0 Å². The third-order valence-corrected chi connectivity index (χ3v) is 0. The van der Waals surface area contributed by atoms with Crippen LogP contribution in [0.3, 0.4) is 0 Å². The van der Waals surface area contributed by atoms with E-state index in [4.69, 9.17) is 16.0 Å². The van der Waals surface area contributed by atoms with E-state index in [1.54, 1.807) is 0 Å². The zero-order valence-electron chi connectivity index (χ0n) is 3.67. The maximum Gasteiger partial charge on any atom is 2.00 e. The van der Waals surface area contributed by atoms with Crippen molar-refractivity contribution < 1.29 is 28.4 Å². The first-order valence-electron chi connectivity index (χ1n) is 0.730. The molecule has 0 atom stereocenters. The molecule has 0 saturated carbocycles. The summed E-state index contributed by atoms with van der Waals surface area (Å²) in [5.41, 5.74) is 0. The maximum atomic E-state index is 8.61. The minimum absolute atomic E-state index is 0. The van der Waals surface area contributed by atoms with Crippen LogP contribution >= 0.6 is 0 Å². The average molecular weight is 422 g/mol. The standard InChI is InChI=1S/AsH3O4.Ca.ClH.Pb/c2-1(3,4)5;;;/h(H3,2,3,4,5);;1H;/q;+2;;+2/p-4. The van der Waals surface area contributed by atoms with Crippen molar-refractivity contribution >= 4 is 79.6 Å². The summed E-state index contributed by atoms with van der Waals surface area (Å²) in [4.78, 5) is 0. The summed E-state index contributed by atoms with van der Waals surface area (Å²) in [5, 5.41) is 0. The second-order valence-electron chi connectivity index (χ2n) is 0.447. The SMILES string of the molecule is O=[As]([O-])([O-])[O-].[Ca+2].[Cl-].[Pb+2]. The minimum Gasteiger partial charge on any atom is -1.00 e. The van der Waals surface area contributed by atoms with Gasteiger partial charge in [-0.1, -0.05) is 0 Å². The van der Waals surface area contributed by atoms with E-state index in [9.17, 15) is 0 Å². The van der Waals surface area contributed by atoms with Crippen LogP contribution in [-0.2, 0) is 3.74 Å². The van der Waals surface area contributed by atoms with Gasteiger partial charge in [0.15, 0.2) is 0 Å². The van der Waals surface area contributed by atoms with Crippen LogP contribution < -0.4 is 24.7 Å². The molecule has 4 nitrogen and oxygen atoms in total. The van der Waals surface area contributed by atoms with Crippen molar-refractivity contribution in [2.45, 2.75) is 0 Å². The molecule has 0 fully saturated rings. The first kappa shape index (κ1) is 22.4. The molecule has 0 saturated heterocycles. The van der Waals surface area contributed by atoms with E-state index >= 15 is 0 Å². The van der Waals surface area contributed by atoms with Gasteiger partial charge in [-0.2, -0.15) is 0 Å². The summed E-state index contributed by atoms with van der Waals surface area (Å²) in [7, 11) is 0. The predicted octanol–water partition coefficient (Wildman–Crippen LogP) is -7.82. The van der Waals surface area contributed by atoms with Crippen molar-refractivity contribution in [2.75, 3.05) is 0 Å². The Kier molecular flexibility index (Phi) is 27.2. The molecule has 0 aromatic heterocycles. The van der Waals surface area contributed by atoms with Gasteiger partial charge in [-0.05, 0) is 0 Å². The molecule has 42 valence electrons. The van der Waals surface area contributed by atoms with Gasteiger partial charge in [0.05, 0.1) is 0 Å². The number of hydrogen-bond donors (Lipinski definition) is 0. The van der Waals surface area contributed by atoms with Crippen LogP contribution in [0.15, 0.2) is 0 Å². The maximum absolute atomic E-state index is 8.61. The van der Waals surface area contributed by atoms with Crippen LogP contribution in [0, 0.1) is 0 Å². The number of hydrogen-bond acceptors (Lipinski definition) is 4. The normalized spacial score (nSPS) is 7.38. The molecule has 8 heteroatoms. The van der Waals surface area contributed by atoms with Crippen LogP contribution in [0.1, 0.15) is 0 Å². The Balaban J connectivity index is -0.0000000267. The zero-order valence-corrected chi connectivity index (χ0v) is 12.4. The Bertz CT molecular complexity index is 62.2. The molecule has 0 aliphatic carbocycles. The van der Waals surface area contributed by atoms with E-state index in [0.29, 0.717) is 0 Å². The van der Waals surface area contributed by atoms with Gasteiger partial charge >= 0.3 is 95.6 Å². The van der Waals surface area contributed by atoms with Crippen LogP contribution in [-0.4, -0.2) is 79.6 Å². The molecular weight excluding hydrogens is 422 g/mol. The molecule has 8 heavy (non-hydrogen) atoms. The summed E-state index contributed by atoms with van der Waals surface area (Å²) in [6.45, 7) is 0. The van der Waals surface area contributed by atoms with Crippen molar-refractivity contribution in [1.82, 2.24) is 0 Å². The van der Waals surface area contributed by atoms with Crippen molar-refractivity contribution in [3.8, 4) is 0 Å². The largest absolute Gasteiger partial charge is 2.00 e. The average Bonchev–Trinajstić information content (AvgIpc) is 0.722. The zero-order chi connectivity index (χ0) is 4.50. The topological polar surface area (TPSA) is 86.2 Å². The van der Waals surface area contributed by atoms with Crippen molar-refractivity contribution in [1.29, 1.82) is 0 Å². The van der Waals surface area contributed by atoms with Crippen LogP contribution in [0.2, 0.25) is 0 Å². The Morgan fingerprint density at radius 1 is 1.12 bits per heavy atom. The monoisotopic (exact) mass is 422 g/mol. The van der Waals surface area contributed by atoms with Crippen LogP contribution in [0.4, 0.5) is 0 Å². The molecule has 0 spiro atoms. The molecule has 0 N–H and O–H groups in total. The van der Waals surface area contributed by atoms with Crippen molar-refractivity contribution in [3.63, 3.8) is 0 Å². The van der Waals surface area contributed by atoms with Crippen molar-refractivity contribution in [2.24, 2.45) is 0 Å². The summed E-state index contributed by atoms with van der Waals surface area (Å²) < 4.78 is 34.4. The molecular formula is AsCaClO4Pb. The first-order chi connectivity index (χ1) is 2.00. The third kappa shape index (κ3) is 70.5. The van der Waals surface area contributed by atoms with Gasteiger partial charge in [0, 0.05) is 0 Å². The molecule has 2 radical (unpaired) electrons. The Morgan fingerprint density at radius 2 is 1.12 bits per heavy atom. The van der Waals surface area contributed by atoms with E-state index < -0.39 is 14.5 Å². The molecule has 0 bridgehead atoms. The van der Waals surface area contributed by atoms with Gasteiger partial charge < -0.3 is 12.4 Å². The van der Waals surface area contributed by atoms with E-state index in [-0.39, 0.29) is 77.4 Å². The fourth-order valence-electron chi connectivity index (χ4n) is 0. The van der Waals surface area contributed by atoms with Crippen molar-refractivity contribution in [3.05, 3.63) is 0 Å². The minimum atomic E-state index is -5.88. The molecule has 0 heterocycles. The first-order valence-corrected chi connectivity index (χ1v) is 3.79. The molecule has 0 aliphatic heterocycles. The quantitative estimate of drug-likeness (QED) is 0.364. The summed E-state index contributed by atoms with van der Waals surface area (Å²) >= 11 is -5.88. The third-order valence-electron chi connectivity index (χ3n) is 0. The van der Waals surface area contributed by atoms with Gasteiger partial charge in [0.25, 0.3) is 0 Å². The molecule has 0 amide bonds. The predicted molar refractivity (Wildman–Crippen MR) is 17.9 cm³/mol.